The van der Waals surface area contributed by atoms with Crippen LogP contribution in [-0.4, -0.2) is 50.6 Å². The zero-order valence-electron chi connectivity index (χ0n) is 18.8. The van der Waals surface area contributed by atoms with Crippen LogP contribution >= 0.6 is 35.3 Å². The van der Waals surface area contributed by atoms with Crippen molar-refractivity contribution in [1.82, 2.24) is 15.6 Å². The second-order valence-electron chi connectivity index (χ2n) is 7.91. The highest BCUT2D eigenvalue weighted by Crippen LogP contribution is 2.41. The Hall–Kier alpha value is -1.59. The van der Waals surface area contributed by atoms with Crippen molar-refractivity contribution in [3.8, 4) is 11.5 Å². The molecule has 0 amide bonds. The summed E-state index contributed by atoms with van der Waals surface area (Å²) in [6, 6.07) is 6.29. The number of halogens is 1. The number of benzene rings is 1. The summed E-state index contributed by atoms with van der Waals surface area (Å²) in [7, 11) is 0. The molecular weight excluding hydrogens is 539 g/mol. The van der Waals surface area contributed by atoms with Crippen molar-refractivity contribution < 1.29 is 14.2 Å². The van der Waals surface area contributed by atoms with Gasteiger partial charge in [-0.1, -0.05) is 13.0 Å². The van der Waals surface area contributed by atoms with Crippen molar-refractivity contribution in [2.24, 2.45) is 4.99 Å². The van der Waals surface area contributed by atoms with Crippen LogP contribution in [0.4, 0.5) is 0 Å². The lowest BCUT2D eigenvalue weighted by atomic mass is 9.74. The van der Waals surface area contributed by atoms with Crippen LogP contribution < -0.4 is 20.1 Å². The molecule has 1 fully saturated rings. The van der Waals surface area contributed by atoms with Crippen LogP contribution in [0.5, 0.6) is 11.5 Å². The molecular formula is C23H33IN4O3S. The maximum atomic E-state index is 5.68. The van der Waals surface area contributed by atoms with Gasteiger partial charge in [0.2, 0.25) is 6.79 Å². The molecule has 1 saturated heterocycles. The van der Waals surface area contributed by atoms with E-state index in [0.717, 1.165) is 69.4 Å². The molecule has 32 heavy (non-hydrogen) atoms. The Morgan fingerprint density at radius 1 is 1.16 bits per heavy atom. The van der Waals surface area contributed by atoms with E-state index in [1.54, 1.807) is 11.3 Å². The molecule has 0 radical (unpaired) electrons. The maximum absolute atomic E-state index is 5.68. The number of nitrogens with zero attached hydrogens (tertiary/aromatic N) is 2. The summed E-state index contributed by atoms with van der Waals surface area (Å²) in [6.07, 6.45) is 5.81. The van der Waals surface area contributed by atoms with Gasteiger partial charge in [0.15, 0.2) is 17.5 Å². The van der Waals surface area contributed by atoms with E-state index in [2.05, 4.69) is 41.6 Å². The second-order valence-corrected chi connectivity index (χ2v) is 9.11. The molecule has 7 nitrogen and oxygen atoms in total. The molecule has 0 saturated carbocycles. The zero-order valence-corrected chi connectivity index (χ0v) is 22.0. The molecule has 4 rings (SSSR count). The van der Waals surface area contributed by atoms with Gasteiger partial charge in [-0.2, -0.15) is 0 Å². The number of rotatable bonds is 8. The minimum Gasteiger partial charge on any atom is -0.454 e. The SMILES string of the molecule is CCNC(=NCC1(c2ccc3c(c2)OCO3)CCOCC1)NCCc1ncc(CC)s1.I. The predicted octanol–water partition coefficient (Wildman–Crippen LogP) is 3.90. The van der Waals surface area contributed by atoms with Gasteiger partial charge in [0, 0.05) is 49.2 Å². The van der Waals surface area contributed by atoms with Crippen molar-refractivity contribution in [2.75, 3.05) is 39.6 Å². The third-order valence-electron chi connectivity index (χ3n) is 5.90. The number of thiazole rings is 1. The van der Waals surface area contributed by atoms with Crippen molar-refractivity contribution in [3.63, 3.8) is 0 Å². The summed E-state index contributed by atoms with van der Waals surface area (Å²) in [4.78, 5) is 10.8. The zero-order chi connectivity index (χ0) is 21.5. The summed E-state index contributed by atoms with van der Waals surface area (Å²) in [5.74, 6) is 2.49. The largest absolute Gasteiger partial charge is 0.454 e. The summed E-state index contributed by atoms with van der Waals surface area (Å²) in [6.45, 7) is 8.37. The van der Waals surface area contributed by atoms with Gasteiger partial charge in [0.05, 0.1) is 11.6 Å². The van der Waals surface area contributed by atoms with Gasteiger partial charge in [-0.25, -0.2) is 4.98 Å². The standard InChI is InChI=1S/C23H32N4O3S.HI/c1-3-18-14-26-21(31-18)7-10-25-22(24-4-2)27-15-23(8-11-28-12-9-23)17-5-6-19-20(13-17)30-16-29-19;/h5-6,13-14H,3-4,7-12,15-16H2,1-2H3,(H2,24,25,27);1H. The number of nitrogens with one attached hydrogen (secondary N) is 2. The number of aromatic nitrogens is 1. The van der Waals surface area contributed by atoms with Crippen LogP contribution in [0.2, 0.25) is 0 Å². The Kier molecular flexibility index (Phi) is 9.42. The van der Waals surface area contributed by atoms with E-state index in [1.165, 1.54) is 15.4 Å². The Morgan fingerprint density at radius 2 is 1.97 bits per heavy atom. The molecule has 0 unspecified atom stereocenters. The lowest BCUT2D eigenvalue weighted by Crippen LogP contribution is -2.41. The fourth-order valence-electron chi connectivity index (χ4n) is 4.01. The Labute approximate surface area is 211 Å². The lowest BCUT2D eigenvalue weighted by molar-refractivity contribution is 0.0530. The number of guanidine groups is 1. The lowest BCUT2D eigenvalue weighted by Gasteiger charge is -2.36. The Morgan fingerprint density at radius 3 is 2.72 bits per heavy atom. The average molecular weight is 573 g/mol. The third kappa shape index (κ3) is 6.05. The highest BCUT2D eigenvalue weighted by molar-refractivity contribution is 14.0. The number of ether oxygens (including phenoxy) is 3. The molecule has 1 aromatic heterocycles. The van der Waals surface area contributed by atoms with Crippen LogP contribution in [-0.2, 0) is 23.0 Å². The predicted molar refractivity (Wildman–Crippen MR) is 139 cm³/mol. The summed E-state index contributed by atoms with van der Waals surface area (Å²) >= 11 is 1.79. The third-order valence-corrected chi connectivity index (χ3v) is 7.10. The van der Waals surface area contributed by atoms with Crippen LogP contribution in [0.1, 0.15) is 42.1 Å². The number of hydrogen-bond acceptors (Lipinski definition) is 6. The van der Waals surface area contributed by atoms with E-state index >= 15 is 0 Å². The van der Waals surface area contributed by atoms with E-state index in [4.69, 9.17) is 19.2 Å². The molecule has 3 heterocycles. The molecule has 176 valence electrons. The highest BCUT2D eigenvalue weighted by atomic mass is 127. The van der Waals surface area contributed by atoms with Crippen molar-refractivity contribution >= 4 is 41.3 Å². The first kappa shape index (κ1) is 25.0. The molecule has 2 aromatic rings. The van der Waals surface area contributed by atoms with Crippen LogP contribution in [0.15, 0.2) is 29.4 Å². The molecule has 0 spiro atoms. The Balaban J connectivity index is 0.00000289. The molecule has 9 heteroatoms. The van der Waals surface area contributed by atoms with Gasteiger partial charge >= 0.3 is 0 Å². The molecule has 2 aliphatic heterocycles. The fourth-order valence-corrected chi connectivity index (χ4v) is 4.88. The van der Waals surface area contributed by atoms with Gasteiger partial charge in [0.1, 0.15) is 0 Å². The first-order valence-corrected chi connectivity index (χ1v) is 12.0. The normalized spacial score (nSPS) is 17.0. The summed E-state index contributed by atoms with van der Waals surface area (Å²) in [5, 5.41) is 8.03. The van der Waals surface area contributed by atoms with Gasteiger partial charge in [0.25, 0.3) is 0 Å². The molecule has 1 aromatic carbocycles. The number of fused-ring (bicyclic) bond motifs is 1. The van der Waals surface area contributed by atoms with E-state index in [1.807, 2.05) is 12.3 Å². The first-order valence-electron chi connectivity index (χ1n) is 11.2. The van der Waals surface area contributed by atoms with E-state index in [0.29, 0.717) is 13.3 Å². The van der Waals surface area contributed by atoms with E-state index in [-0.39, 0.29) is 29.4 Å². The second kappa shape index (κ2) is 12.0. The van der Waals surface area contributed by atoms with Crippen LogP contribution in [0.3, 0.4) is 0 Å². The van der Waals surface area contributed by atoms with Gasteiger partial charge in [-0.3, -0.25) is 4.99 Å². The molecule has 0 aliphatic carbocycles. The van der Waals surface area contributed by atoms with Crippen molar-refractivity contribution in [2.45, 2.75) is 44.9 Å². The monoisotopic (exact) mass is 572 g/mol. The average Bonchev–Trinajstić information content (AvgIpc) is 3.47. The molecule has 2 aliphatic rings. The highest BCUT2D eigenvalue weighted by Gasteiger charge is 2.35. The van der Waals surface area contributed by atoms with Crippen molar-refractivity contribution in [3.05, 3.63) is 39.8 Å². The van der Waals surface area contributed by atoms with Gasteiger partial charge < -0.3 is 24.8 Å². The summed E-state index contributed by atoms with van der Waals surface area (Å²) < 4.78 is 16.8. The number of hydrogen-bond donors (Lipinski definition) is 2. The molecule has 2 N–H and O–H groups in total. The Bertz CT molecular complexity index is 899. The number of aryl methyl sites for hydroxylation is 1. The van der Waals surface area contributed by atoms with Crippen LogP contribution in [0, 0.1) is 0 Å². The minimum absolute atomic E-state index is 0. The van der Waals surface area contributed by atoms with Gasteiger partial charge in [-0.05, 0) is 43.9 Å². The topological polar surface area (TPSA) is 77.0 Å². The smallest absolute Gasteiger partial charge is 0.231 e. The van der Waals surface area contributed by atoms with E-state index < -0.39 is 0 Å². The maximum Gasteiger partial charge on any atom is 0.231 e. The van der Waals surface area contributed by atoms with Gasteiger partial charge in [-0.15, -0.1) is 35.3 Å². The van der Waals surface area contributed by atoms with Crippen LogP contribution in [0.25, 0.3) is 0 Å². The molecule has 0 bridgehead atoms. The molecule has 0 atom stereocenters. The quantitative estimate of drug-likeness (QED) is 0.284. The fraction of sp³-hybridized carbons (Fsp3) is 0.565. The van der Waals surface area contributed by atoms with Crippen molar-refractivity contribution in [1.29, 1.82) is 0 Å². The minimum atomic E-state index is -0.0626. The summed E-state index contributed by atoms with van der Waals surface area (Å²) in [5.41, 5.74) is 1.18. The first-order chi connectivity index (χ1) is 15.2. The van der Waals surface area contributed by atoms with E-state index in [9.17, 15) is 0 Å². The number of aliphatic imine (C=N–C) groups is 1.